The predicted molar refractivity (Wildman–Crippen MR) is 125 cm³/mol. The Hall–Kier alpha value is -3.52. The van der Waals surface area contributed by atoms with Gasteiger partial charge in [-0.05, 0) is 49.7 Å². The van der Waals surface area contributed by atoms with Gasteiger partial charge in [0.05, 0.1) is 23.7 Å². The lowest BCUT2D eigenvalue weighted by Gasteiger charge is -2.16. The van der Waals surface area contributed by atoms with E-state index in [0.29, 0.717) is 17.1 Å². The van der Waals surface area contributed by atoms with Gasteiger partial charge in [0.2, 0.25) is 5.91 Å². The Balaban J connectivity index is 1.47. The zero-order valence-electron chi connectivity index (χ0n) is 18.1. The molecule has 32 heavy (non-hydrogen) atoms. The Morgan fingerprint density at radius 1 is 1.09 bits per heavy atom. The van der Waals surface area contributed by atoms with E-state index in [1.165, 1.54) is 28.4 Å². The van der Waals surface area contributed by atoms with Gasteiger partial charge >= 0.3 is 0 Å². The summed E-state index contributed by atoms with van der Waals surface area (Å²) >= 11 is 1.34. The van der Waals surface area contributed by atoms with Gasteiger partial charge in [0.1, 0.15) is 10.6 Å². The van der Waals surface area contributed by atoms with Crippen LogP contribution in [-0.4, -0.2) is 40.1 Å². The number of aromatic nitrogens is 2. The molecule has 0 aliphatic rings. The lowest BCUT2D eigenvalue weighted by Crippen LogP contribution is -2.34. The van der Waals surface area contributed by atoms with Gasteiger partial charge in [-0.15, -0.1) is 11.3 Å². The summed E-state index contributed by atoms with van der Waals surface area (Å²) in [4.78, 5) is 28.1. The first-order chi connectivity index (χ1) is 15.3. The minimum Gasteiger partial charge on any atom is -0.332 e. The minimum atomic E-state index is -0.283. The first-order valence-electron chi connectivity index (χ1n) is 10.1. The molecule has 0 spiro atoms. The van der Waals surface area contributed by atoms with E-state index in [1.54, 1.807) is 19.2 Å². The van der Waals surface area contributed by atoms with Crippen molar-refractivity contribution in [2.24, 2.45) is 0 Å². The molecule has 0 bridgehead atoms. The van der Waals surface area contributed by atoms with Crippen LogP contribution in [0.5, 0.6) is 0 Å². The second-order valence-corrected chi connectivity index (χ2v) is 8.81. The van der Waals surface area contributed by atoms with E-state index in [2.05, 4.69) is 10.4 Å². The molecule has 4 aromatic rings. The summed E-state index contributed by atoms with van der Waals surface area (Å²) in [5.74, 6) is -0.767. The molecule has 6 nitrogen and oxygen atoms in total. The fourth-order valence-electron chi connectivity index (χ4n) is 3.40. The average Bonchev–Trinajstić information content (AvgIpc) is 3.32. The lowest BCUT2D eigenvalue weighted by atomic mass is 10.2. The fraction of sp³-hybridized carbons (Fsp3) is 0.208. The van der Waals surface area contributed by atoms with Crippen molar-refractivity contribution < 1.29 is 14.0 Å². The predicted octanol–water partition coefficient (Wildman–Crippen LogP) is 4.61. The van der Waals surface area contributed by atoms with Crippen LogP contribution in [0.4, 0.5) is 10.1 Å². The van der Waals surface area contributed by atoms with Crippen molar-refractivity contribution in [3.63, 3.8) is 0 Å². The van der Waals surface area contributed by atoms with Crippen LogP contribution in [0.15, 0.2) is 54.6 Å². The molecule has 0 saturated carbocycles. The second kappa shape index (κ2) is 8.92. The summed E-state index contributed by atoms with van der Waals surface area (Å²) in [5.41, 5.74) is 3.53. The Bertz CT molecular complexity index is 1280. The van der Waals surface area contributed by atoms with E-state index in [0.717, 1.165) is 27.0 Å². The number of rotatable bonds is 6. The highest BCUT2D eigenvalue weighted by molar-refractivity contribution is 7.20. The molecule has 0 saturated heterocycles. The molecule has 164 valence electrons. The standard InChI is InChI=1S/C24H23FN4O2S/c1-15-4-10-19(11-5-15)26-22(30)14-28(3)23(31)21-12-20-16(2)27-29(24(20)32-21)13-17-6-8-18(25)9-7-17/h4-12H,13-14H2,1-3H3,(H,26,30). The molecule has 2 aromatic heterocycles. The highest BCUT2D eigenvalue weighted by atomic mass is 32.1. The molecule has 2 aromatic carbocycles. The summed E-state index contributed by atoms with van der Waals surface area (Å²) in [7, 11) is 1.61. The summed E-state index contributed by atoms with van der Waals surface area (Å²) < 4.78 is 15.0. The summed E-state index contributed by atoms with van der Waals surface area (Å²) in [5, 5.41) is 8.27. The summed E-state index contributed by atoms with van der Waals surface area (Å²) in [6.07, 6.45) is 0. The topological polar surface area (TPSA) is 67.2 Å². The third kappa shape index (κ3) is 4.70. The smallest absolute Gasteiger partial charge is 0.264 e. The van der Waals surface area contributed by atoms with Gasteiger partial charge in [0, 0.05) is 18.1 Å². The Kier molecular flexibility index (Phi) is 6.05. The van der Waals surface area contributed by atoms with Crippen molar-refractivity contribution in [3.05, 3.63) is 82.1 Å². The van der Waals surface area contributed by atoms with E-state index >= 15 is 0 Å². The van der Waals surface area contributed by atoms with E-state index in [-0.39, 0.29) is 24.2 Å². The zero-order chi connectivity index (χ0) is 22.8. The number of hydrogen-bond donors (Lipinski definition) is 1. The molecular weight excluding hydrogens is 427 g/mol. The molecule has 0 fully saturated rings. The lowest BCUT2D eigenvalue weighted by molar-refractivity contribution is -0.116. The maximum absolute atomic E-state index is 13.2. The molecule has 0 unspecified atom stereocenters. The summed E-state index contributed by atoms with van der Waals surface area (Å²) in [6.45, 7) is 4.29. The summed E-state index contributed by atoms with van der Waals surface area (Å²) in [6, 6.07) is 15.6. The number of hydrogen-bond acceptors (Lipinski definition) is 4. The number of amides is 2. The van der Waals surface area contributed by atoms with E-state index in [4.69, 9.17) is 0 Å². The Morgan fingerprint density at radius 3 is 2.47 bits per heavy atom. The van der Waals surface area contributed by atoms with Crippen molar-refractivity contribution >= 4 is 39.1 Å². The molecule has 0 radical (unpaired) electrons. The number of nitrogens with zero attached hydrogens (tertiary/aromatic N) is 3. The van der Waals surface area contributed by atoms with Crippen molar-refractivity contribution in [2.75, 3.05) is 18.9 Å². The largest absolute Gasteiger partial charge is 0.332 e. The van der Waals surface area contributed by atoms with Crippen LogP contribution in [0.25, 0.3) is 10.2 Å². The molecule has 2 heterocycles. The van der Waals surface area contributed by atoms with Crippen LogP contribution in [0.1, 0.15) is 26.5 Å². The number of carbonyl (C=O) groups excluding carboxylic acids is 2. The van der Waals surface area contributed by atoms with Gasteiger partial charge in [0.15, 0.2) is 0 Å². The Labute approximate surface area is 189 Å². The number of likely N-dealkylation sites (N-methyl/N-ethyl adjacent to an activating group) is 1. The molecule has 8 heteroatoms. The average molecular weight is 451 g/mol. The number of anilines is 1. The van der Waals surface area contributed by atoms with Gasteiger partial charge in [-0.1, -0.05) is 29.8 Å². The highest BCUT2D eigenvalue weighted by Gasteiger charge is 2.20. The van der Waals surface area contributed by atoms with Crippen LogP contribution in [0.2, 0.25) is 0 Å². The highest BCUT2D eigenvalue weighted by Crippen LogP contribution is 2.29. The zero-order valence-corrected chi connectivity index (χ0v) is 18.9. The van der Waals surface area contributed by atoms with E-state index in [9.17, 15) is 14.0 Å². The van der Waals surface area contributed by atoms with E-state index < -0.39 is 0 Å². The van der Waals surface area contributed by atoms with Crippen molar-refractivity contribution in [3.8, 4) is 0 Å². The van der Waals surface area contributed by atoms with Crippen LogP contribution in [-0.2, 0) is 11.3 Å². The molecule has 1 N–H and O–H groups in total. The minimum absolute atomic E-state index is 0.0539. The fourth-order valence-corrected chi connectivity index (χ4v) is 4.56. The van der Waals surface area contributed by atoms with Crippen molar-refractivity contribution in [2.45, 2.75) is 20.4 Å². The van der Waals surface area contributed by atoms with Gasteiger partial charge in [-0.25, -0.2) is 4.39 Å². The van der Waals surface area contributed by atoms with Crippen LogP contribution < -0.4 is 5.32 Å². The monoisotopic (exact) mass is 450 g/mol. The maximum Gasteiger partial charge on any atom is 0.264 e. The number of fused-ring (bicyclic) bond motifs is 1. The number of nitrogens with one attached hydrogen (secondary N) is 1. The molecule has 4 rings (SSSR count). The van der Waals surface area contributed by atoms with Crippen LogP contribution in [0, 0.1) is 19.7 Å². The molecule has 0 aliphatic carbocycles. The third-order valence-corrected chi connectivity index (χ3v) is 6.26. The van der Waals surface area contributed by atoms with Gasteiger partial charge in [-0.3, -0.25) is 14.3 Å². The first kappa shape index (κ1) is 21.7. The second-order valence-electron chi connectivity index (χ2n) is 7.77. The molecule has 2 amide bonds. The number of carbonyl (C=O) groups is 2. The quantitative estimate of drug-likeness (QED) is 0.466. The molecular formula is C24H23FN4O2S. The first-order valence-corrected chi connectivity index (χ1v) is 10.9. The SMILES string of the molecule is Cc1ccc(NC(=O)CN(C)C(=O)c2cc3c(C)nn(Cc4ccc(F)cc4)c3s2)cc1. The molecule has 0 aliphatic heterocycles. The normalized spacial score (nSPS) is 11.0. The van der Waals surface area contributed by atoms with E-state index in [1.807, 2.05) is 48.9 Å². The van der Waals surface area contributed by atoms with Crippen molar-refractivity contribution in [1.82, 2.24) is 14.7 Å². The third-order valence-electron chi connectivity index (χ3n) is 5.13. The van der Waals surface area contributed by atoms with Gasteiger partial charge in [0.25, 0.3) is 5.91 Å². The van der Waals surface area contributed by atoms with Crippen molar-refractivity contribution in [1.29, 1.82) is 0 Å². The van der Waals surface area contributed by atoms with Gasteiger partial charge in [-0.2, -0.15) is 5.10 Å². The maximum atomic E-state index is 13.2. The van der Waals surface area contributed by atoms with Gasteiger partial charge < -0.3 is 10.2 Å². The number of aryl methyl sites for hydroxylation is 2. The Morgan fingerprint density at radius 2 is 1.78 bits per heavy atom. The number of thiophene rings is 1. The number of benzene rings is 2. The molecule has 0 atom stereocenters. The van der Waals surface area contributed by atoms with Crippen LogP contribution >= 0.6 is 11.3 Å². The van der Waals surface area contributed by atoms with Crippen LogP contribution in [0.3, 0.4) is 0 Å². The number of halogens is 1.